The van der Waals surface area contributed by atoms with Gasteiger partial charge in [-0.1, -0.05) is 30.3 Å². The van der Waals surface area contributed by atoms with Crippen LogP contribution in [0.15, 0.2) is 30.3 Å². The van der Waals surface area contributed by atoms with Crippen LogP contribution in [0.3, 0.4) is 0 Å². The fourth-order valence-corrected chi connectivity index (χ4v) is 3.97. The number of fused-ring (bicyclic) bond motifs is 2. The Morgan fingerprint density at radius 2 is 2.11 bits per heavy atom. The van der Waals surface area contributed by atoms with E-state index in [0.29, 0.717) is 19.1 Å². The van der Waals surface area contributed by atoms with Crippen molar-refractivity contribution in [1.29, 1.82) is 0 Å². The largest absolute Gasteiger partial charge is 0.389 e. The maximum Gasteiger partial charge on any atom is 0.0753 e. The third-order valence-electron chi connectivity index (χ3n) is 5.14. The first-order chi connectivity index (χ1) is 9.07. The first kappa shape index (κ1) is 13.1. The van der Waals surface area contributed by atoms with Crippen LogP contribution < -0.4 is 5.73 Å². The molecule has 4 unspecified atom stereocenters. The van der Waals surface area contributed by atoms with E-state index in [0.717, 1.165) is 24.8 Å². The maximum atomic E-state index is 11.1. The molecule has 2 fully saturated rings. The normalized spacial score (nSPS) is 36.4. The van der Waals surface area contributed by atoms with Crippen molar-refractivity contribution < 1.29 is 9.84 Å². The van der Waals surface area contributed by atoms with Gasteiger partial charge in [0.05, 0.1) is 17.8 Å². The van der Waals surface area contributed by atoms with Crippen molar-refractivity contribution >= 4 is 0 Å². The fourth-order valence-electron chi connectivity index (χ4n) is 3.97. The molecule has 104 valence electrons. The monoisotopic (exact) mass is 261 g/mol. The lowest BCUT2D eigenvalue weighted by molar-refractivity contribution is -0.0981. The van der Waals surface area contributed by atoms with Gasteiger partial charge in [-0.25, -0.2) is 0 Å². The highest BCUT2D eigenvalue weighted by Gasteiger charge is 2.60. The van der Waals surface area contributed by atoms with E-state index >= 15 is 0 Å². The second-order valence-corrected chi connectivity index (χ2v) is 6.32. The quantitative estimate of drug-likeness (QED) is 0.870. The molecule has 1 aromatic rings. The van der Waals surface area contributed by atoms with E-state index in [9.17, 15) is 5.11 Å². The molecular formula is C16H23NO2. The van der Waals surface area contributed by atoms with Crippen LogP contribution in [0.25, 0.3) is 0 Å². The van der Waals surface area contributed by atoms with E-state index in [4.69, 9.17) is 10.5 Å². The molecule has 0 amide bonds. The van der Waals surface area contributed by atoms with Gasteiger partial charge in [0, 0.05) is 18.4 Å². The zero-order chi connectivity index (χ0) is 13.5. The summed E-state index contributed by atoms with van der Waals surface area (Å²) < 4.78 is 5.96. The highest BCUT2D eigenvalue weighted by molar-refractivity contribution is 5.20. The van der Waals surface area contributed by atoms with Gasteiger partial charge >= 0.3 is 0 Å². The highest BCUT2D eigenvalue weighted by Crippen LogP contribution is 2.53. The molecule has 3 heteroatoms. The van der Waals surface area contributed by atoms with Crippen molar-refractivity contribution in [2.24, 2.45) is 11.1 Å². The Morgan fingerprint density at radius 1 is 1.37 bits per heavy atom. The molecule has 0 aromatic heterocycles. The summed E-state index contributed by atoms with van der Waals surface area (Å²) in [4.78, 5) is 0. The van der Waals surface area contributed by atoms with Crippen LogP contribution in [0.2, 0.25) is 0 Å². The molecule has 0 aliphatic carbocycles. The lowest BCUT2D eigenvalue weighted by atomic mass is 9.62. The molecule has 0 radical (unpaired) electrons. The van der Waals surface area contributed by atoms with E-state index in [1.165, 1.54) is 0 Å². The number of ether oxygens (including phenoxy) is 1. The predicted molar refractivity (Wildman–Crippen MR) is 74.8 cm³/mol. The Labute approximate surface area is 114 Å². The van der Waals surface area contributed by atoms with Crippen LogP contribution in [0.5, 0.6) is 0 Å². The van der Waals surface area contributed by atoms with Crippen molar-refractivity contribution in [2.75, 3.05) is 6.54 Å². The first-order valence-corrected chi connectivity index (χ1v) is 7.19. The molecule has 2 aliphatic heterocycles. The maximum absolute atomic E-state index is 11.1. The van der Waals surface area contributed by atoms with E-state index in [2.05, 4.69) is 12.1 Å². The van der Waals surface area contributed by atoms with Crippen molar-refractivity contribution in [3.05, 3.63) is 35.9 Å². The van der Waals surface area contributed by atoms with Crippen molar-refractivity contribution in [2.45, 2.75) is 50.4 Å². The predicted octanol–water partition coefficient (Wildman–Crippen LogP) is 1.88. The summed E-state index contributed by atoms with van der Waals surface area (Å²) in [6, 6.07) is 10.1. The molecule has 0 spiro atoms. The summed E-state index contributed by atoms with van der Waals surface area (Å²) in [6.45, 7) is 2.42. The van der Waals surface area contributed by atoms with Crippen LogP contribution in [-0.4, -0.2) is 29.5 Å². The van der Waals surface area contributed by atoms with E-state index in [-0.39, 0.29) is 11.5 Å². The van der Waals surface area contributed by atoms with Crippen LogP contribution in [-0.2, 0) is 11.2 Å². The summed E-state index contributed by atoms with van der Waals surface area (Å²) >= 11 is 0. The fraction of sp³-hybridized carbons (Fsp3) is 0.625. The molecule has 2 saturated heterocycles. The van der Waals surface area contributed by atoms with Gasteiger partial charge in [0.25, 0.3) is 0 Å². The van der Waals surface area contributed by atoms with E-state index < -0.39 is 5.60 Å². The van der Waals surface area contributed by atoms with Crippen molar-refractivity contribution in [3.8, 4) is 0 Å². The third-order valence-corrected chi connectivity index (χ3v) is 5.14. The summed E-state index contributed by atoms with van der Waals surface area (Å²) in [5, 5.41) is 11.1. The van der Waals surface area contributed by atoms with Gasteiger partial charge in [-0.05, 0) is 31.7 Å². The average Bonchev–Trinajstić information content (AvgIpc) is 3.00. The molecule has 3 nitrogen and oxygen atoms in total. The Bertz CT molecular complexity index is 445. The SMILES string of the molecule is CC(O)(Cc1ccccc1)C1(CN)CC2CCC1O2. The highest BCUT2D eigenvalue weighted by atomic mass is 16.5. The molecule has 3 rings (SSSR count). The van der Waals surface area contributed by atoms with Crippen LogP contribution >= 0.6 is 0 Å². The summed E-state index contributed by atoms with van der Waals surface area (Å²) in [5.41, 5.74) is 6.11. The number of hydrogen-bond acceptors (Lipinski definition) is 3. The Morgan fingerprint density at radius 3 is 2.63 bits per heavy atom. The molecule has 2 heterocycles. The van der Waals surface area contributed by atoms with Crippen molar-refractivity contribution in [3.63, 3.8) is 0 Å². The summed E-state index contributed by atoms with van der Waals surface area (Å²) in [6.07, 6.45) is 4.11. The minimum Gasteiger partial charge on any atom is -0.389 e. The second kappa shape index (κ2) is 4.58. The Balaban J connectivity index is 1.86. The Kier molecular flexibility index (Phi) is 3.16. The average molecular weight is 261 g/mol. The van der Waals surface area contributed by atoms with Crippen LogP contribution in [0.1, 0.15) is 31.7 Å². The molecule has 1 aromatic carbocycles. The van der Waals surface area contributed by atoms with Gasteiger partial charge in [0.15, 0.2) is 0 Å². The first-order valence-electron chi connectivity index (χ1n) is 7.19. The smallest absolute Gasteiger partial charge is 0.0753 e. The molecule has 4 atom stereocenters. The van der Waals surface area contributed by atoms with E-state index in [1.807, 2.05) is 25.1 Å². The number of aliphatic hydroxyl groups is 1. The number of benzene rings is 1. The van der Waals surface area contributed by atoms with E-state index in [1.54, 1.807) is 0 Å². The minimum absolute atomic E-state index is 0.126. The molecule has 3 N–H and O–H groups in total. The molecule has 2 aliphatic rings. The zero-order valence-electron chi connectivity index (χ0n) is 11.5. The van der Waals surface area contributed by atoms with Gasteiger partial charge in [-0.2, -0.15) is 0 Å². The van der Waals surface area contributed by atoms with Crippen molar-refractivity contribution in [1.82, 2.24) is 0 Å². The van der Waals surface area contributed by atoms with Crippen LogP contribution in [0, 0.1) is 5.41 Å². The minimum atomic E-state index is -0.817. The third kappa shape index (κ3) is 2.00. The number of nitrogens with two attached hydrogens (primary N) is 1. The van der Waals surface area contributed by atoms with Gasteiger partial charge in [0.2, 0.25) is 0 Å². The molecule has 19 heavy (non-hydrogen) atoms. The van der Waals surface area contributed by atoms with Gasteiger partial charge in [-0.3, -0.25) is 0 Å². The summed E-state index contributed by atoms with van der Waals surface area (Å²) in [7, 11) is 0. The molecular weight excluding hydrogens is 238 g/mol. The standard InChI is InChI=1S/C16H23NO2/c1-15(18,9-12-5-3-2-4-6-12)16(11-17)10-13-7-8-14(16)19-13/h2-6,13-14,18H,7-11,17H2,1H3. The summed E-state index contributed by atoms with van der Waals surface area (Å²) in [5.74, 6) is 0. The number of hydrogen-bond donors (Lipinski definition) is 2. The molecule has 2 bridgehead atoms. The number of rotatable bonds is 4. The zero-order valence-corrected chi connectivity index (χ0v) is 11.5. The molecule has 0 saturated carbocycles. The second-order valence-electron chi connectivity index (χ2n) is 6.32. The lowest BCUT2D eigenvalue weighted by Crippen LogP contribution is -2.57. The van der Waals surface area contributed by atoms with Crippen LogP contribution in [0.4, 0.5) is 0 Å². The Hall–Kier alpha value is -0.900. The topological polar surface area (TPSA) is 55.5 Å². The van der Waals surface area contributed by atoms with Gasteiger partial charge < -0.3 is 15.6 Å². The van der Waals surface area contributed by atoms with Gasteiger partial charge in [-0.15, -0.1) is 0 Å². The lowest BCUT2D eigenvalue weighted by Gasteiger charge is -2.46. The van der Waals surface area contributed by atoms with Gasteiger partial charge in [0.1, 0.15) is 0 Å².